The van der Waals surface area contributed by atoms with Crippen LogP contribution in [0.1, 0.15) is 18.4 Å². The van der Waals surface area contributed by atoms with Crippen molar-refractivity contribution < 1.29 is 23.8 Å². The summed E-state index contributed by atoms with van der Waals surface area (Å²) < 4.78 is 18.6. The van der Waals surface area contributed by atoms with E-state index in [1.165, 1.54) is 17.0 Å². The maximum absolute atomic E-state index is 13.5. The van der Waals surface area contributed by atoms with Crippen molar-refractivity contribution in [1.29, 1.82) is 0 Å². The molecular formula is C14H16FNO4. The Morgan fingerprint density at radius 3 is 2.95 bits per heavy atom. The molecule has 0 saturated carbocycles. The van der Waals surface area contributed by atoms with Crippen LogP contribution in [0.25, 0.3) is 0 Å². The average molecular weight is 281 g/mol. The van der Waals surface area contributed by atoms with Crippen LogP contribution >= 0.6 is 0 Å². The summed E-state index contributed by atoms with van der Waals surface area (Å²) in [4.78, 5) is 24.2. The number of carbonyl (C=O) groups is 2. The standard InChI is InChI=1S/C14H16FNO4/c1-9-4-5-10(15)12(7-9)20-8-13(17)16-6-2-3-11(16)14(18)19/h4-5,7,11H,2-3,6,8H2,1H3,(H,18,19)/t11-/m0/s1. The number of carboxylic acids is 1. The first-order chi connectivity index (χ1) is 9.49. The monoisotopic (exact) mass is 281 g/mol. The molecule has 108 valence electrons. The molecule has 0 aromatic heterocycles. The molecule has 0 aliphatic carbocycles. The first-order valence-electron chi connectivity index (χ1n) is 6.40. The summed E-state index contributed by atoms with van der Waals surface area (Å²) in [6, 6.07) is 3.57. The van der Waals surface area contributed by atoms with Gasteiger partial charge in [0.05, 0.1) is 0 Å². The van der Waals surface area contributed by atoms with Gasteiger partial charge in [-0.15, -0.1) is 0 Å². The number of nitrogens with zero attached hydrogens (tertiary/aromatic N) is 1. The molecule has 1 heterocycles. The molecule has 1 aliphatic heterocycles. The highest BCUT2D eigenvalue weighted by Crippen LogP contribution is 2.20. The third-order valence-corrected chi connectivity index (χ3v) is 3.30. The topological polar surface area (TPSA) is 66.8 Å². The number of amides is 1. The second kappa shape index (κ2) is 5.90. The van der Waals surface area contributed by atoms with Crippen molar-refractivity contribution in [1.82, 2.24) is 4.90 Å². The van der Waals surface area contributed by atoms with Crippen LogP contribution in [0.4, 0.5) is 4.39 Å². The highest BCUT2D eigenvalue weighted by Gasteiger charge is 2.34. The van der Waals surface area contributed by atoms with Crippen LogP contribution in [-0.2, 0) is 9.59 Å². The zero-order chi connectivity index (χ0) is 14.7. The number of carboxylic acid groups (broad SMARTS) is 1. The Morgan fingerprint density at radius 1 is 1.50 bits per heavy atom. The molecule has 1 aromatic carbocycles. The van der Waals surface area contributed by atoms with E-state index in [2.05, 4.69) is 0 Å². The summed E-state index contributed by atoms with van der Waals surface area (Å²) in [7, 11) is 0. The second-order valence-corrected chi connectivity index (χ2v) is 4.81. The van der Waals surface area contributed by atoms with Crippen molar-refractivity contribution in [2.75, 3.05) is 13.2 Å². The summed E-state index contributed by atoms with van der Waals surface area (Å²) in [5.41, 5.74) is 0.818. The Hall–Kier alpha value is -2.11. The SMILES string of the molecule is Cc1ccc(F)c(OCC(=O)N2CCC[C@H]2C(=O)O)c1. The van der Waals surface area contributed by atoms with E-state index in [1.54, 1.807) is 13.0 Å². The normalized spacial score (nSPS) is 18.1. The summed E-state index contributed by atoms with van der Waals surface area (Å²) in [6.45, 7) is 1.83. The van der Waals surface area contributed by atoms with Gasteiger partial charge in [0.1, 0.15) is 6.04 Å². The summed E-state index contributed by atoms with van der Waals surface area (Å²) >= 11 is 0. The van der Waals surface area contributed by atoms with Crippen molar-refractivity contribution in [2.24, 2.45) is 0 Å². The van der Waals surface area contributed by atoms with Gasteiger partial charge in [0.2, 0.25) is 0 Å². The Kier molecular flexibility index (Phi) is 4.22. The minimum Gasteiger partial charge on any atom is -0.481 e. The molecule has 2 rings (SSSR count). The Bertz CT molecular complexity index is 532. The fourth-order valence-electron chi connectivity index (χ4n) is 2.27. The zero-order valence-corrected chi connectivity index (χ0v) is 11.1. The number of halogens is 1. The number of aryl methyl sites for hydroxylation is 1. The molecule has 0 spiro atoms. The number of benzene rings is 1. The molecular weight excluding hydrogens is 265 g/mol. The maximum Gasteiger partial charge on any atom is 0.326 e. The molecule has 1 aliphatic rings. The number of aliphatic carboxylic acids is 1. The van der Waals surface area contributed by atoms with E-state index in [4.69, 9.17) is 9.84 Å². The average Bonchev–Trinajstić information content (AvgIpc) is 2.89. The van der Waals surface area contributed by atoms with Gasteiger partial charge in [-0.05, 0) is 37.5 Å². The van der Waals surface area contributed by atoms with Crippen LogP contribution < -0.4 is 4.74 Å². The molecule has 1 amide bonds. The van der Waals surface area contributed by atoms with Gasteiger partial charge >= 0.3 is 5.97 Å². The third kappa shape index (κ3) is 3.07. The number of hydrogen-bond acceptors (Lipinski definition) is 3. The molecule has 1 N–H and O–H groups in total. The van der Waals surface area contributed by atoms with Crippen molar-refractivity contribution >= 4 is 11.9 Å². The quantitative estimate of drug-likeness (QED) is 0.910. The largest absolute Gasteiger partial charge is 0.481 e. The molecule has 1 saturated heterocycles. The molecule has 20 heavy (non-hydrogen) atoms. The summed E-state index contributed by atoms with van der Waals surface area (Å²) in [6.07, 6.45) is 1.10. The van der Waals surface area contributed by atoms with Gasteiger partial charge in [0.15, 0.2) is 18.2 Å². The molecule has 5 nitrogen and oxygen atoms in total. The number of carbonyl (C=O) groups excluding carboxylic acids is 1. The van der Waals surface area contributed by atoms with Crippen molar-refractivity contribution in [3.8, 4) is 5.75 Å². The third-order valence-electron chi connectivity index (χ3n) is 3.30. The molecule has 0 radical (unpaired) electrons. The van der Waals surface area contributed by atoms with Crippen LogP contribution in [0.3, 0.4) is 0 Å². The summed E-state index contributed by atoms with van der Waals surface area (Å²) in [5, 5.41) is 9.00. The Morgan fingerprint density at radius 2 is 2.25 bits per heavy atom. The lowest BCUT2D eigenvalue weighted by atomic mass is 10.2. The first kappa shape index (κ1) is 14.3. The van der Waals surface area contributed by atoms with E-state index in [0.717, 1.165) is 5.56 Å². The maximum atomic E-state index is 13.5. The van der Waals surface area contributed by atoms with Gasteiger partial charge in [-0.1, -0.05) is 6.07 Å². The van der Waals surface area contributed by atoms with Gasteiger partial charge in [-0.2, -0.15) is 0 Å². The van der Waals surface area contributed by atoms with Gasteiger partial charge in [0.25, 0.3) is 5.91 Å². The molecule has 1 aromatic rings. The lowest BCUT2D eigenvalue weighted by molar-refractivity contribution is -0.149. The number of rotatable bonds is 4. The van der Waals surface area contributed by atoms with E-state index in [-0.39, 0.29) is 12.4 Å². The van der Waals surface area contributed by atoms with E-state index in [9.17, 15) is 14.0 Å². The molecule has 1 atom stereocenters. The highest BCUT2D eigenvalue weighted by molar-refractivity contribution is 5.85. The van der Waals surface area contributed by atoms with Crippen molar-refractivity contribution in [3.63, 3.8) is 0 Å². The van der Waals surface area contributed by atoms with Crippen molar-refractivity contribution in [2.45, 2.75) is 25.8 Å². The van der Waals surface area contributed by atoms with Crippen LogP contribution in [0.15, 0.2) is 18.2 Å². The molecule has 0 unspecified atom stereocenters. The number of ether oxygens (including phenoxy) is 1. The fourth-order valence-corrected chi connectivity index (χ4v) is 2.27. The first-order valence-corrected chi connectivity index (χ1v) is 6.40. The highest BCUT2D eigenvalue weighted by atomic mass is 19.1. The molecule has 1 fully saturated rings. The Labute approximate surface area is 116 Å². The van der Waals surface area contributed by atoms with Gasteiger partial charge in [0, 0.05) is 6.54 Å². The van der Waals surface area contributed by atoms with Crippen LogP contribution in [0.2, 0.25) is 0 Å². The van der Waals surface area contributed by atoms with E-state index in [1.807, 2.05) is 0 Å². The molecule has 0 bridgehead atoms. The molecule has 6 heteroatoms. The van der Waals surface area contributed by atoms with Gasteiger partial charge in [-0.3, -0.25) is 4.79 Å². The second-order valence-electron chi connectivity index (χ2n) is 4.81. The smallest absolute Gasteiger partial charge is 0.326 e. The number of hydrogen-bond donors (Lipinski definition) is 1. The zero-order valence-electron chi connectivity index (χ0n) is 11.1. The van der Waals surface area contributed by atoms with E-state index in [0.29, 0.717) is 19.4 Å². The van der Waals surface area contributed by atoms with Crippen molar-refractivity contribution in [3.05, 3.63) is 29.6 Å². The van der Waals surface area contributed by atoms with E-state index >= 15 is 0 Å². The fraction of sp³-hybridized carbons (Fsp3) is 0.429. The lowest BCUT2D eigenvalue weighted by Crippen LogP contribution is -2.42. The van der Waals surface area contributed by atoms with E-state index < -0.39 is 23.7 Å². The minimum absolute atomic E-state index is 0.00409. The van der Waals surface area contributed by atoms with Gasteiger partial charge in [-0.25, -0.2) is 9.18 Å². The minimum atomic E-state index is -1.02. The predicted octanol–water partition coefficient (Wildman–Crippen LogP) is 1.59. The van der Waals surface area contributed by atoms with Crippen LogP contribution in [0.5, 0.6) is 5.75 Å². The lowest BCUT2D eigenvalue weighted by Gasteiger charge is -2.21. The Balaban J connectivity index is 1.98. The van der Waals surface area contributed by atoms with Crippen LogP contribution in [0, 0.1) is 12.7 Å². The predicted molar refractivity (Wildman–Crippen MR) is 69.0 cm³/mol. The summed E-state index contributed by atoms with van der Waals surface area (Å²) in [5.74, 6) is -1.99. The van der Waals surface area contributed by atoms with Gasteiger partial charge < -0.3 is 14.7 Å². The number of likely N-dealkylation sites (tertiary alicyclic amines) is 1. The van der Waals surface area contributed by atoms with Crippen LogP contribution in [-0.4, -0.2) is 41.1 Å².